The molecule has 3 rings (SSSR count). The lowest BCUT2D eigenvalue weighted by Crippen LogP contribution is -2.41. The molecular weight excluding hydrogens is 316 g/mol. The lowest BCUT2D eigenvalue weighted by molar-refractivity contribution is 0.540. The molecule has 0 unspecified atom stereocenters. The smallest absolute Gasteiger partial charge is 0.267 e. The zero-order valence-electron chi connectivity index (χ0n) is 12.5. The first kappa shape index (κ1) is 15.8. The lowest BCUT2D eigenvalue weighted by Gasteiger charge is -2.09. The van der Waals surface area contributed by atoms with Crippen LogP contribution < -0.4 is 11.2 Å². The molecule has 0 aliphatic heterocycles. The van der Waals surface area contributed by atoms with E-state index in [0.29, 0.717) is 11.1 Å². The summed E-state index contributed by atoms with van der Waals surface area (Å²) >= 11 is 0. The van der Waals surface area contributed by atoms with E-state index >= 15 is 0 Å². The predicted octanol–water partition coefficient (Wildman–Crippen LogP) is 1.78. The highest BCUT2D eigenvalue weighted by Crippen LogP contribution is 2.04. The summed E-state index contributed by atoms with van der Waals surface area (Å²) < 4.78 is 28.0. The second-order valence-electron chi connectivity index (χ2n) is 5.26. The molecule has 0 aliphatic rings. The van der Waals surface area contributed by atoms with Gasteiger partial charge in [0.25, 0.3) is 5.56 Å². The monoisotopic (exact) mass is 329 g/mol. The third-order valence-corrected chi connectivity index (χ3v) is 3.52. The lowest BCUT2D eigenvalue weighted by atomic mass is 10.2. The van der Waals surface area contributed by atoms with Crippen molar-refractivity contribution in [3.8, 4) is 0 Å². The van der Waals surface area contributed by atoms with Gasteiger partial charge in [0.05, 0.1) is 13.1 Å². The Morgan fingerprint density at radius 2 is 1.29 bits per heavy atom. The maximum Gasteiger partial charge on any atom is 0.348 e. The molecule has 0 bridgehead atoms. The van der Waals surface area contributed by atoms with Gasteiger partial charge < -0.3 is 0 Å². The highest BCUT2D eigenvalue weighted by atomic mass is 19.1. The first-order chi connectivity index (χ1) is 11.5. The number of hydrogen-bond acceptors (Lipinski definition) is 3. The molecule has 3 aromatic rings. The van der Waals surface area contributed by atoms with Crippen molar-refractivity contribution in [1.29, 1.82) is 0 Å². The van der Waals surface area contributed by atoms with Crippen LogP contribution in [0, 0.1) is 11.6 Å². The van der Waals surface area contributed by atoms with Crippen LogP contribution in [-0.4, -0.2) is 14.3 Å². The minimum atomic E-state index is -0.587. The third-order valence-electron chi connectivity index (χ3n) is 3.52. The fourth-order valence-electron chi connectivity index (χ4n) is 2.26. The molecular formula is C17H13F2N3O2. The molecule has 7 heteroatoms. The average molecular weight is 329 g/mol. The number of nitrogens with zero attached hydrogens (tertiary/aromatic N) is 3. The van der Waals surface area contributed by atoms with Gasteiger partial charge in [0.1, 0.15) is 17.8 Å². The van der Waals surface area contributed by atoms with Crippen LogP contribution in [0.1, 0.15) is 11.1 Å². The molecule has 0 radical (unpaired) electrons. The van der Waals surface area contributed by atoms with Crippen molar-refractivity contribution in [1.82, 2.24) is 14.3 Å². The largest absolute Gasteiger partial charge is 0.348 e. The number of benzene rings is 2. The average Bonchev–Trinajstić information content (AvgIpc) is 2.58. The molecule has 0 saturated carbocycles. The molecule has 0 amide bonds. The minimum Gasteiger partial charge on any atom is -0.267 e. The van der Waals surface area contributed by atoms with Crippen LogP contribution in [0.2, 0.25) is 0 Å². The Kier molecular flexibility index (Phi) is 4.33. The van der Waals surface area contributed by atoms with Gasteiger partial charge in [-0.15, -0.1) is 0 Å². The fourth-order valence-corrected chi connectivity index (χ4v) is 2.26. The summed E-state index contributed by atoms with van der Waals surface area (Å²) in [6.45, 7) is 0.132. The van der Waals surface area contributed by atoms with Gasteiger partial charge in [-0.2, -0.15) is 5.10 Å². The zero-order valence-corrected chi connectivity index (χ0v) is 12.5. The standard InChI is InChI=1S/C17H13F2N3O2/c18-14-5-1-12(2-6-14)10-21-16(23)9-20-22(17(21)24)11-13-3-7-15(19)8-4-13/h1-9H,10-11H2. The normalized spacial score (nSPS) is 10.8. The van der Waals surface area contributed by atoms with E-state index in [1.54, 1.807) is 12.1 Å². The van der Waals surface area contributed by atoms with E-state index in [0.717, 1.165) is 15.4 Å². The van der Waals surface area contributed by atoms with Crippen LogP contribution in [0.5, 0.6) is 0 Å². The van der Waals surface area contributed by atoms with Crippen molar-refractivity contribution in [2.24, 2.45) is 0 Å². The molecule has 1 aromatic heterocycles. The minimum absolute atomic E-state index is 0.0177. The van der Waals surface area contributed by atoms with Gasteiger partial charge in [-0.3, -0.25) is 9.36 Å². The van der Waals surface area contributed by atoms with Gasteiger partial charge in [0.2, 0.25) is 0 Å². The second kappa shape index (κ2) is 6.57. The molecule has 2 aromatic carbocycles. The van der Waals surface area contributed by atoms with Crippen LogP contribution in [0.4, 0.5) is 8.78 Å². The Balaban J connectivity index is 1.92. The van der Waals surface area contributed by atoms with Crippen molar-refractivity contribution >= 4 is 0 Å². The van der Waals surface area contributed by atoms with Gasteiger partial charge in [-0.25, -0.2) is 18.3 Å². The maximum absolute atomic E-state index is 12.9. The van der Waals surface area contributed by atoms with Crippen LogP contribution in [0.3, 0.4) is 0 Å². The Labute approximate surface area is 135 Å². The number of hydrogen-bond donors (Lipinski definition) is 0. The summed E-state index contributed by atoms with van der Waals surface area (Å²) in [4.78, 5) is 24.4. The molecule has 0 saturated heterocycles. The molecule has 0 fully saturated rings. The van der Waals surface area contributed by atoms with E-state index in [9.17, 15) is 18.4 Å². The van der Waals surface area contributed by atoms with Crippen molar-refractivity contribution in [2.45, 2.75) is 13.1 Å². The van der Waals surface area contributed by atoms with Crippen molar-refractivity contribution in [2.75, 3.05) is 0 Å². The Hall–Kier alpha value is -3.09. The van der Waals surface area contributed by atoms with Gasteiger partial charge in [0, 0.05) is 0 Å². The van der Waals surface area contributed by atoms with Gasteiger partial charge in [-0.1, -0.05) is 24.3 Å². The maximum atomic E-state index is 12.9. The molecule has 0 N–H and O–H groups in total. The first-order valence-corrected chi connectivity index (χ1v) is 7.19. The van der Waals surface area contributed by atoms with E-state index in [2.05, 4.69) is 5.10 Å². The van der Waals surface area contributed by atoms with E-state index in [-0.39, 0.29) is 18.9 Å². The number of aromatic nitrogens is 3. The summed E-state index contributed by atoms with van der Waals surface area (Å²) in [5.41, 5.74) is 0.170. The van der Waals surface area contributed by atoms with Crippen LogP contribution in [0.15, 0.2) is 64.3 Å². The quantitative estimate of drug-likeness (QED) is 0.733. The summed E-state index contributed by atoms with van der Waals surface area (Å²) in [5.74, 6) is -0.769. The van der Waals surface area contributed by atoms with Crippen LogP contribution >= 0.6 is 0 Å². The topological polar surface area (TPSA) is 56.9 Å². The Morgan fingerprint density at radius 3 is 1.83 bits per heavy atom. The van der Waals surface area contributed by atoms with Gasteiger partial charge in [0.15, 0.2) is 0 Å². The fraction of sp³-hybridized carbons (Fsp3) is 0.118. The molecule has 0 atom stereocenters. The van der Waals surface area contributed by atoms with Crippen LogP contribution in [-0.2, 0) is 13.1 Å². The van der Waals surface area contributed by atoms with Gasteiger partial charge >= 0.3 is 5.69 Å². The molecule has 24 heavy (non-hydrogen) atoms. The molecule has 0 spiro atoms. The summed E-state index contributed by atoms with van der Waals surface area (Å²) in [6.07, 6.45) is 1.05. The Bertz CT molecular complexity index is 961. The predicted molar refractivity (Wildman–Crippen MR) is 83.8 cm³/mol. The van der Waals surface area contributed by atoms with E-state index in [1.807, 2.05) is 0 Å². The summed E-state index contributed by atoms with van der Waals surface area (Å²) in [6, 6.07) is 11.2. The van der Waals surface area contributed by atoms with E-state index < -0.39 is 17.1 Å². The molecule has 122 valence electrons. The highest BCUT2D eigenvalue weighted by Gasteiger charge is 2.08. The number of rotatable bonds is 4. The highest BCUT2D eigenvalue weighted by molar-refractivity contribution is 5.17. The van der Waals surface area contributed by atoms with Crippen molar-refractivity contribution < 1.29 is 8.78 Å². The first-order valence-electron chi connectivity index (χ1n) is 7.19. The zero-order chi connectivity index (χ0) is 17.1. The SMILES string of the molecule is O=c1cnn(Cc2ccc(F)cc2)c(=O)n1Cc1ccc(F)cc1. The van der Waals surface area contributed by atoms with E-state index in [1.165, 1.54) is 36.4 Å². The van der Waals surface area contributed by atoms with Gasteiger partial charge in [-0.05, 0) is 35.4 Å². The van der Waals surface area contributed by atoms with Crippen molar-refractivity contribution in [3.63, 3.8) is 0 Å². The van der Waals surface area contributed by atoms with Crippen LogP contribution in [0.25, 0.3) is 0 Å². The molecule has 1 heterocycles. The molecule has 5 nitrogen and oxygen atoms in total. The third kappa shape index (κ3) is 3.45. The second-order valence-corrected chi connectivity index (χ2v) is 5.26. The summed E-state index contributed by atoms with van der Waals surface area (Å²) in [7, 11) is 0. The Morgan fingerprint density at radius 1 is 0.792 bits per heavy atom. The van der Waals surface area contributed by atoms with E-state index in [4.69, 9.17) is 0 Å². The summed E-state index contributed by atoms with van der Waals surface area (Å²) in [5, 5.41) is 3.83. The molecule has 0 aliphatic carbocycles. The number of halogens is 2. The van der Waals surface area contributed by atoms with Crippen molar-refractivity contribution in [3.05, 3.63) is 98.3 Å².